The van der Waals surface area contributed by atoms with Gasteiger partial charge in [-0.3, -0.25) is 0 Å². The fraction of sp³-hybridized carbons (Fsp3) is 0.750. The molecule has 1 heterocycles. The maximum atomic E-state index is 14.2. The average molecular weight is 367 g/mol. The standard InChI is InChI=1S/C20H31F2N3O/c21-17-6-7-19(22)16(12-17)14-25(13-15-8-10-23-11-9-15)20(26)24-18-4-2-1-3-5-18/h12,15,18,23H,1-11,13-14H2,(H,24,26). The van der Waals surface area contributed by atoms with Gasteiger partial charge in [-0.05, 0) is 50.8 Å². The van der Waals surface area contributed by atoms with Crippen LogP contribution < -0.4 is 10.6 Å². The Morgan fingerprint density at radius 2 is 1.85 bits per heavy atom. The smallest absolute Gasteiger partial charge is 0.317 e. The number of halogens is 2. The summed E-state index contributed by atoms with van der Waals surface area (Å²) in [7, 11) is 0. The number of amides is 2. The summed E-state index contributed by atoms with van der Waals surface area (Å²) in [5.74, 6) is -0.169. The fourth-order valence-electron chi connectivity index (χ4n) is 4.17. The number of urea groups is 1. The van der Waals surface area contributed by atoms with Crippen molar-refractivity contribution >= 4 is 6.03 Å². The highest BCUT2D eigenvalue weighted by molar-refractivity contribution is 5.75. The van der Waals surface area contributed by atoms with Gasteiger partial charge in [0, 0.05) is 31.0 Å². The molecule has 1 saturated heterocycles. The fourth-order valence-corrected chi connectivity index (χ4v) is 4.17. The lowest BCUT2D eigenvalue weighted by molar-refractivity contribution is 0.178. The monoisotopic (exact) mass is 367 g/mol. The van der Waals surface area contributed by atoms with Crippen LogP contribution in [0.5, 0.6) is 0 Å². The van der Waals surface area contributed by atoms with E-state index in [2.05, 4.69) is 10.6 Å². The molecular weight excluding hydrogens is 336 g/mol. The van der Waals surface area contributed by atoms with E-state index in [1.165, 1.54) is 12.5 Å². The first-order chi connectivity index (χ1) is 12.6. The molecule has 0 aromatic heterocycles. The SMILES string of the molecule is O=C(NC1CCCCC1)N(CC1=C(F)CCC(F)=C1)CC1CCNCC1. The third kappa shape index (κ3) is 5.53. The highest BCUT2D eigenvalue weighted by Crippen LogP contribution is 2.27. The minimum Gasteiger partial charge on any atom is -0.335 e. The minimum atomic E-state index is -0.295. The first kappa shape index (κ1) is 19.3. The van der Waals surface area contributed by atoms with E-state index < -0.39 is 0 Å². The lowest BCUT2D eigenvalue weighted by atomic mass is 9.95. The number of allylic oxidation sites excluding steroid dienone is 2. The summed E-state index contributed by atoms with van der Waals surface area (Å²) in [6, 6.07) is 0.0827. The molecule has 26 heavy (non-hydrogen) atoms. The Labute approximate surface area is 155 Å². The Hall–Kier alpha value is -1.43. The molecule has 0 bridgehead atoms. The largest absolute Gasteiger partial charge is 0.335 e. The molecular formula is C20H31F2N3O. The first-order valence-corrected chi connectivity index (χ1v) is 10.1. The molecule has 0 aromatic carbocycles. The van der Waals surface area contributed by atoms with Gasteiger partial charge in [-0.1, -0.05) is 19.3 Å². The zero-order valence-electron chi connectivity index (χ0n) is 15.5. The van der Waals surface area contributed by atoms with Gasteiger partial charge in [-0.2, -0.15) is 0 Å². The van der Waals surface area contributed by atoms with Gasteiger partial charge >= 0.3 is 6.03 Å². The molecule has 1 saturated carbocycles. The normalized spacial score (nSPS) is 22.9. The van der Waals surface area contributed by atoms with Gasteiger partial charge in [-0.15, -0.1) is 0 Å². The Bertz CT molecular complexity index is 549. The zero-order chi connectivity index (χ0) is 18.4. The molecule has 2 amide bonds. The van der Waals surface area contributed by atoms with Crippen molar-refractivity contribution < 1.29 is 13.6 Å². The molecule has 4 nitrogen and oxygen atoms in total. The second-order valence-electron chi connectivity index (χ2n) is 7.88. The van der Waals surface area contributed by atoms with Crippen molar-refractivity contribution in [3.8, 4) is 0 Å². The van der Waals surface area contributed by atoms with E-state index in [9.17, 15) is 13.6 Å². The van der Waals surface area contributed by atoms with Gasteiger partial charge in [0.1, 0.15) is 11.7 Å². The molecule has 1 aliphatic heterocycles. The lowest BCUT2D eigenvalue weighted by Gasteiger charge is -2.33. The molecule has 2 N–H and O–H groups in total. The maximum absolute atomic E-state index is 14.2. The molecule has 0 unspecified atom stereocenters. The van der Waals surface area contributed by atoms with Crippen LogP contribution >= 0.6 is 0 Å². The van der Waals surface area contributed by atoms with Gasteiger partial charge in [0.15, 0.2) is 0 Å². The highest BCUT2D eigenvalue weighted by Gasteiger charge is 2.25. The number of rotatable bonds is 5. The van der Waals surface area contributed by atoms with Crippen LogP contribution in [-0.2, 0) is 0 Å². The molecule has 6 heteroatoms. The Morgan fingerprint density at radius 3 is 2.58 bits per heavy atom. The van der Waals surface area contributed by atoms with Crippen molar-refractivity contribution in [2.24, 2.45) is 5.92 Å². The van der Waals surface area contributed by atoms with Crippen molar-refractivity contribution in [2.45, 2.75) is 63.8 Å². The summed E-state index contributed by atoms with van der Waals surface area (Å²) in [5.41, 5.74) is 0.321. The third-order valence-electron chi connectivity index (χ3n) is 5.78. The number of nitrogens with zero attached hydrogens (tertiary/aromatic N) is 1. The van der Waals surface area contributed by atoms with Crippen LogP contribution in [0.25, 0.3) is 0 Å². The Balaban J connectivity index is 1.66. The van der Waals surface area contributed by atoms with Crippen LogP contribution in [0.4, 0.5) is 13.6 Å². The third-order valence-corrected chi connectivity index (χ3v) is 5.78. The van der Waals surface area contributed by atoms with Crippen molar-refractivity contribution in [2.75, 3.05) is 26.2 Å². The van der Waals surface area contributed by atoms with E-state index in [1.807, 2.05) is 0 Å². The second-order valence-corrected chi connectivity index (χ2v) is 7.88. The topological polar surface area (TPSA) is 44.4 Å². The molecule has 3 aliphatic rings. The van der Waals surface area contributed by atoms with Crippen molar-refractivity contribution in [3.63, 3.8) is 0 Å². The Kier molecular flexibility index (Phi) is 7.06. The van der Waals surface area contributed by atoms with Gasteiger partial charge in [0.25, 0.3) is 0 Å². The average Bonchev–Trinajstić information content (AvgIpc) is 2.66. The van der Waals surface area contributed by atoms with Crippen molar-refractivity contribution in [1.82, 2.24) is 15.5 Å². The number of nitrogens with one attached hydrogen (secondary N) is 2. The summed E-state index contributed by atoms with van der Waals surface area (Å²) in [5, 5.41) is 6.47. The van der Waals surface area contributed by atoms with Gasteiger partial charge in [0.2, 0.25) is 0 Å². The molecule has 0 atom stereocenters. The van der Waals surface area contributed by atoms with Crippen LogP contribution in [0, 0.1) is 5.92 Å². The van der Waals surface area contributed by atoms with Crippen LogP contribution in [0.2, 0.25) is 0 Å². The summed E-state index contributed by atoms with van der Waals surface area (Å²) >= 11 is 0. The number of piperidine rings is 1. The van der Waals surface area contributed by atoms with E-state index in [0.717, 1.165) is 51.6 Å². The predicted molar refractivity (Wildman–Crippen MR) is 99.1 cm³/mol. The summed E-state index contributed by atoms with van der Waals surface area (Å²) in [6.45, 7) is 2.66. The minimum absolute atomic E-state index is 0.100. The number of carbonyl (C=O) groups is 1. The quantitative estimate of drug-likeness (QED) is 0.765. The van der Waals surface area contributed by atoms with E-state index in [1.54, 1.807) is 4.90 Å². The van der Waals surface area contributed by atoms with E-state index in [-0.39, 0.29) is 43.1 Å². The van der Waals surface area contributed by atoms with Gasteiger partial charge in [-0.25, -0.2) is 13.6 Å². The van der Waals surface area contributed by atoms with Crippen LogP contribution in [0.15, 0.2) is 23.3 Å². The molecule has 2 aliphatic carbocycles. The van der Waals surface area contributed by atoms with E-state index >= 15 is 0 Å². The summed E-state index contributed by atoms with van der Waals surface area (Å²) in [4.78, 5) is 14.6. The first-order valence-electron chi connectivity index (χ1n) is 10.1. The Morgan fingerprint density at radius 1 is 1.12 bits per heavy atom. The van der Waals surface area contributed by atoms with Gasteiger partial charge < -0.3 is 15.5 Å². The highest BCUT2D eigenvalue weighted by atomic mass is 19.1. The molecule has 0 aromatic rings. The van der Waals surface area contributed by atoms with E-state index in [4.69, 9.17) is 0 Å². The second kappa shape index (κ2) is 9.49. The van der Waals surface area contributed by atoms with Crippen LogP contribution in [0.3, 0.4) is 0 Å². The molecule has 0 spiro atoms. The number of hydrogen-bond donors (Lipinski definition) is 2. The van der Waals surface area contributed by atoms with Crippen molar-refractivity contribution in [3.05, 3.63) is 23.3 Å². The van der Waals surface area contributed by atoms with Crippen LogP contribution in [-0.4, -0.2) is 43.2 Å². The number of hydrogen-bond acceptors (Lipinski definition) is 2. The summed E-state index contributed by atoms with van der Waals surface area (Å²) < 4.78 is 27.8. The van der Waals surface area contributed by atoms with E-state index in [0.29, 0.717) is 18.0 Å². The molecule has 2 fully saturated rings. The molecule has 0 radical (unpaired) electrons. The zero-order valence-corrected chi connectivity index (χ0v) is 15.5. The van der Waals surface area contributed by atoms with Crippen molar-refractivity contribution in [1.29, 1.82) is 0 Å². The molecule has 3 rings (SSSR count). The van der Waals surface area contributed by atoms with Crippen LogP contribution in [0.1, 0.15) is 57.8 Å². The lowest BCUT2D eigenvalue weighted by Crippen LogP contribution is -2.48. The number of carbonyl (C=O) groups excluding carboxylic acids is 1. The maximum Gasteiger partial charge on any atom is 0.317 e. The summed E-state index contributed by atoms with van der Waals surface area (Å²) in [6.07, 6.45) is 9.07. The molecule has 146 valence electrons. The predicted octanol–water partition coefficient (Wildman–Crippen LogP) is 4.20. The van der Waals surface area contributed by atoms with Gasteiger partial charge in [0.05, 0.1) is 6.54 Å².